The number of methoxy groups -OCH3 is 1. The van der Waals surface area contributed by atoms with Crippen molar-refractivity contribution < 1.29 is 19.1 Å². The maximum Gasteiger partial charge on any atom is 0.335 e. The number of carbonyl (C=O) groups excluding carboxylic acids is 2. The van der Waals surface area contributed by atoms with Gasteiger partial charge in [-0.15, -0.1) is 0 Å². The van der Waals surface area contributed by atoms with Crippen LogP contribution in [0.5, 0.6) is 5.75 Å². The van der Waals surface area contributed by atoms with E-state index in [1.54, 1.807) is 38.3 Å². The Morgan fingerprint density at radius 3 is 2.46 bits per heavy atom. The fourth-order valence-corrected chi connectivity index (χ4v) is 2.66. The minimum Gasteiger partial charge on any atom is -0.497 e. The van der Waals surface area contributed by atoms with Crippen molar-refractivity contribution in [3.8, 4) is 5.75 Å². The summed E-state index contributed by atoms with van der Waals surface area (Å²) < 4.78 is 10.1. The van der Waals surface area contributed by atoms with E-state index in [1.807, 2.05) is 6.92 Å². The smallest absolute Gasteiger partial charge is 0.335 e. The van der Waals surface area contributed by atoms with E-state index in [0.29, 0.717) is 12.2 Å². The molecule has 0 aliphatic heterocycles. The second-order valence-electron chi connectivity index (χ2n) is 5.00. The molecule has 1 aromatic rings. The zero-order chi connectivity index (χ0) is 17.9. The van der Waals surface area contributed by atoms with Crippen LogP contribution in [-0.4, -0.2) is 36.7 Å². The van der Waals surface area contributed by atoms with Crippen LogP contribution in [0.25, 0.3) is 0 Å². The summed E-state index contributed by atoms with van der Waals surface area (Å²) in [4.78, 5) is 24.8. The molecule has 1 unspecified atom stereocenters. The zero-order valence-corrected chi connectivity index (χ0v) is 15.1. The molecular formula is C17H24N2O4S. The molecule has 7 heteroatoms. The van der Waals surface area contributed by atoms with Crippen LogP contribution in [-0.2, 0) is 14.3 Å². The van der Waals surface area contributed by atoms with Gasteiger partial charge in [0.25, 0.3) is 0 Å². The van der Waals surface area contributed by atoms with E-state index in [2.05, 4.69) is 5.32 Å². The van der Waals surface area contributed by atoms with Crippen molar-refractivity contribution in [3.63, 3.8) is 0 Å². The van der Waals surface area contributed by atoms with Crippen LogP contribution in [0.4, 0.5) is 0 Å². The van der Waals surface area contributed by atoms with Crippen molar-refractivity contribution in [2.45, 2.75) is 44.0 Å². The van der Waals surface area contributed by atoms with Gasteiger partial charge in [0.05, 0.1) is 13.7 Å². The number of hydrogen-bond donors (Lipinski definition) is 2. The molecule has 0 spiro atoms. The second kappa shape index (κ2) is 10.7. The van der Waals surface area contributed by atoms with Crippen LogP contribution >= 0.6 is 11.8 Å². The minimum atomic E-state index is -1.08. The molecular weight excluding hydrogens is 328 g/mol. The fourth-order valence-electron chi connectivity index (χ4n) is 1.86. The number of hydrogen-bond acceptors (Lipinski definition) is 6. The summed E-state index contributed by atoms with van der Waals surface area (Å²) in [6, 6.07) is 6.04. The lowest BCUT2D eigenvalue weighted by Crippen LogP contribution is -2.46. The second-order valence-corrected chi connectivity index (χ2v) is 6.11. The molecule has 0 saturated carbocycles. The topological polar surface area (TPSA) is 88.5 Å². The van der Waals surface area contributed by atoms with Gasteiger partial charge < -0.3 is 14.8 Å². The van der Waals surface area contributed by atoms with E-state index in [-0.39, 0.29) is 17.6 Å². The summed E-state index contributed by atoms with van der Waals surface area (Å²) in [6.45, 7) is 3.87. The Balaban J connectivity index is 2.77. The number of nitrogens with one attached hydrogen (secondary N) is 2. The summed E-state index contributed by atoms with van der Waals surface area (Å²) in [6.07, 6.45) is 1.95. The highest BCUT2D eigenvalue weighted by atomic mass is 32.2. The lowest BCUT2D eigenvalue weighted by atomic mass is 10.2. The number of carbonyl (C=O) groups is 2. The lowest BCUT2D eigenvalue weighted by Gasteiger charge is -2.18. The van der Waals surface area contributed by atoms with Crippen LogP contribution < -0.4 is 10.1 Å². The standard InChI is InChI=1S/C17H24N2O4S/c1-4-6-7-14(20)19-15(17(21)23-5-2)16(18)24-13-10-8-12(22-3)9-11-13/h8-11,15,18H,4-7H2,1-3H3,(H,19,20). The number of esters is 1. The van der Waals surface area contributed by atoms with Gasteiger partial charge in [0.2, 0.25) is 5.91 Å². The Morgan fingerprint density at radius 2 is 1.92 bits per heavy atom. The Kier molecular flexibility index (Phi) is 8.93. The Morgan fingerprint density at radius 1 is 1.25 bits per heavy atom. The Labute approximate surface area is 146 Å². The third-order valence-corrected chi connectivity index (χ3v) is 4.10. The van der Waals surface area contributed by atoms with E-state index >= 15 is 0 Å². The van der Waals surface area contributed by atoms with Gasteiger partial charge in [-0.25, -0.2) is 4.79 Å². The van der Waals surface area contributed by atoms with Crippen LogP contribution in [0.3, 0.4) is 0 Å². The summed E-state index contributed by atoms with van der Waals surface area (Å²) in [5.74, 6) is -0.163. The average molecular weight is 352 g/mol. The Bertz CT molecular complexity index is 560. The summed E-state index contributed by atoms with van der Waals surface area (Å²) in [5, 5.41) is 10.8. The van der Waals surface area contributed by atoms with Crippen molar-refractivity contribution in [2.24, 2.45) is 0 Å². The third-order valence-electron chi connectivity index (χ3n) is 3.13. The largest absolute Gasteiger partial charge is 0.497 e. The summed E-state index contributed by atoms with van der Waals surface area (Å²) >= 11 is 1.10. The van der Waals surface area contributed by atoms with Crippen LogP contribution in [0.2, 0.25) is 0 Å². The quantitative estimate of drug-likeness (QED) is 0.309. The zero-order valence-electron chi connectivity index (χ0n) is 14.3. The number of ether oxygens (including phenoxy) is 2. The maximum absolute atomic E-state index is 12.1. The molecule has 6 nitrogen and oxygen atoms in total. The number of unbranched alkanes of at least 4 members (excludes halogenated alkanes) is 1. The molecule has 2 N–H and O–H groups in total. The maximum atomic E-state index is 12.1. The van der Waals surface area contributed by atoms with Gasteiger partial charge in [-0.1, -0.05) is 25.1 Å². The molecule has 1 atom stereocenters. The molecule has 0 saturated heterocycles. The molecule has 0 aliphatic rings. The van der Waals surface area contributed by atoms with Gasteiger partial charge in [-0.2, -0.15) is 0 Å². The van der Waals surface area contributed by atoms with Crippen molar-refractivity contribution >= 4 is 28.7 Å². The summed E-state index contributed by atoms with van der Waals surface area (Å²) in [5.41, 5.74) is 0. The van der Waals surface area contributed by atoms with Crippen molar-refractivity contribution in [1.29, 1.82) is 5.41 Å². The van der Waals surface area contributed by atoms with Gasteiger partial charge >= 0.3 is 5.97 Å². The van der Waals surface area contributed by atoms with E-state index in [0.717, 1.165) is 29.5 Å². The van der Waals surface area contributed by atoms with Gasteiger partial charge in [0.1, 0.15) is 10.8 Å². The van der Waals surface area contributed by atoms with E-state index < -0.39 is 12.0 Å². The molecule has 1 amide bonds. The first-order valence-corrected chi connectivity index (χ1v) is 8.69. The van der Waals surface area contributed by atoms with Crippen molar-refractivity contribution in [3.05, 3.63) is 24.3 Å². The number of rotatable bonds is 9. The van der Waals surface area contributed by atoms with Crippen molar-refractivity contribution in [2.75, 3.05) is 13.7 Å². The predicted molar refractivity (Wildman–Crippen MR) is 94.7 cm³/mol. The number of benzene rings is 1. The molecule has 1 rings (SSSR count). The highest BCUT2D eigenvalue weighted by Gasteiger charge is 2.27. The van der Waals surface area contributed by atoms with Gasteiger partial charge in [0, 0.05) is 11.3 Å². The summed E-state index contributed by atoms with van der Waals surface area (Å²) in [7, 11) is 1.58. The van der Waals surface area contributed by atoms with E-state index in [4.69, 9.17) is 14.9 Å². The lowest BCUT2D eigenvalue weighted by molar-refractivity contribution is -0.145. The average Bonchev–Trinajstić information content (AvgIpc) is 2.58. The minimum absolute atomic E-state index is 0.0171. The van der Waals surface area contributed by atoms with E-state index in [9.17, 15) is 9.59 Å². The van der Waals surface area contributed by atoms with Gasteiger partial charge in [0.15, 0.2) is 6.04 Å². The molecule has 24 heavy (non-hydrogen) atoms. The normalized spacial score (nSPS) is 11.5. The molecule has 0 radical (unpaired) electrons. The SMILES string of the molecule is CCCCC(=O)NC(C(=N)Sc1ccc(OC)cc1)C(=O)OCC. The molecule has 0 aliphatic carbocycles. The van der Waals surface area contributed by atoms with Crippen molar-refractivity contribution in [1.82, 2.24) is 5.32 Å². The predicted octanol–water partition coefficient (Wildman–Crippen LogP) is 3.00. The first kappa shape index (κ1) is 20.0. The van der Waals surface area contributed by atoms with Gasteiger partial charge in [-0.05, 0) is 37.6 Å². The first-order chi connectivity index (χ1) is 11.5. The third kappa shape index (κ3) is 6.62. The number of amides is 1. The molecule has 0 bridgehead atoms. The van der Waals surface area contributed by atoms with E-state index in [1.165, 1.54) is 0 Å². The van der Waals surface area contributed by atoms with Crippen LogP contribution in [0.15, 0.2) is 29.2 Å². The fraction of sp³-hybridized carbons (Fsp3) is 0.471. The Hall–Kier alpha value is -2.02. The van der Waals surface area contributed by atoms with Crippen LogP contribution in [0, 0.1) is 5.41 Å². The molecule has 0 heterocycles. The molecule has 1 aromatic carbocycles. The highest BCUT2D eigenvalue weighted by molar-refractivity contribution is 8.14. The van der Waals surface area contributed by atoms with Crippen LogP contribution in [0.1, 0.15) is 33.1 Å². The first-order valence-electron chi connectivity index (χ1n) is 7.88. The highest BCUT2D eigenvalue weighted by Crippen LogP contribution is 2.23. The monoisotopic (exact) mass is 352 g/mol. The number of thioether (sulfide) groups is 1. The molecule has 0 aromatic heterocycles. The molecule has 0 fully saturated rings. The molecule has 132 valence electrons. The van der Waals surface area contributed by atoms with Gasteiger partial charge in [-0.3, -0.25) is 10.2 Å².